The lowest BCUT2D eigenvalue weighted by Gasteiger charge is -2.14. The molecule has 37 heavy (non-hydrogen) atoms. The number of benzene rings is 3. The van der Waals surface area contributed by atoms with Crippen LogP contribution in [0, 0.1) is 23.8 Å². The highest BCUT2D eigenvalue weighted by atomic mass is 127. The van der Waals surface area contributed by atoms with Gasteiger partial charge in [-0.2, -0.15) is 13.5 Å². The number of ether oxygens (including phenoxy) is 1. The Bertz CT molecular complexity index is 1480. The lowest BCUT2D eigenvalue weighted by Crippen LogP contribution is -2.17. The number of nitro benzene ring substituents is 2. The summed E-state index contributed by atoms with van der Waals surface area (Å²) in [4.78, 5) is 32.2. The lowest BCUT2D eigenvalue weighted by atomic mass is 10.2. The minimum absolute atomic E-state index is 0.0861. The van der Waals surface area contributed by atoms with Gasteiger partial charge < -0.3 is 8.92 Å². The quantitative estimate of drug-likeness (QED) is 0.113. The number of nitrogens with one attached hydrogen (secondary N) is 1. The third-order valence-electron chi connectivity index (χ3n) is 4.58. The van der Waals surface area contributed by atoms with E-state index in [0.29, 0.717) is 9.13 Å². The number of amides is 1. The Morgan fingerprint density at radius 3 is 2.14 bits per heavy atom. The molecule has 1 amide bonds. The SMILES string of the molecule is CCOc1cc(/C=N\NC(=O)c2ccc([N+](=O)[O-])cc2)cc(I)c1OS(=O)(=O)c1ccc([N+](=O)[O-])cc1. The number of hydrazone groups is 1. The normalized spacial score (nSPS) is 11.2. The largest absolute Gasteiger partial charge is 0.490 e. The third kappa shape index (κ3) is 6.98. The van der Waals surface area contributed by atoms with Crippen LogP contribution < -0.4 is 14.3 Å². The molecule has 0 fully saturated rings. The van der Waals surface area contributed by atoms with Crippen molar-refractivity contribution < 1.29 is 32.0 Å². The van der Waals surface area contributed by atoms with Crippen molar-refractivity contribution in [3.8, 4) is 11.5 Å². The Morgan fingerprint density at radius 2 is 1.59 bits per heavy atom. The van der Waals surface area contributed by atoms with Gasteiger partial charge in [0, 0.05) is 29.8 Å². The number of carbonyl (C=O) groups is 1. The fraction of sp³-hybridized carbons (Fsp3) is 0.0909. The zero-order chi connectivity index (χ0) is 27.2. The molecular weight excluding hydrogens is 623 g/mol. The van der Waals surface area contributed by atoms with E-state index in [1.54, 1.807) is 6.92 Å². The first-order valence-corrected chi connectivity index (χ1v) is 12.7. The summed E-state index contributed by atoms with van der Waals surface area (Å²) in [6.45, 7) is 1.87. The van der Waals surface area contributed by atoms with Gasteiger partial charge in [0.05, 0.1) is 26.2 Å². The van der Waals surface area contributed by atoms with Gasteiger partial charge in [-0.15, -0.1) is 0 Å². The predicted molar refractivity (Wildman–Crippen MR) is 139 cm³/mol. The van der Waals surface area contributed by atoms with E-state index in [-0.39, 0.29) is 39.9 Å². The van der Waals surface area contributed by atoms with E-state index in [1.807, 2.05) is 22.6 Å². The van der Waals surface area contributed by atoms with Crippen LogP contribution in [-0.4, -0.2) is 37.0 Å². The molecule has 0 saturated carbocycles. The topological polar surface area (TPSA) is 180 Å². The van der Waals surface area contributed by atoms with E-state index in [4.69, 9.17) is 8.92 Å². The number of nitrogens with zero attached hydrogens (tertiary/aromatic N) is 3. The smallest absolute Gasteiger partial charge is 0.339 e. The molecule has 0 atom stereocenters. The van der Waals surface area contributed by atoms with Crippen LogP contribution in [0.1, 0.15) is 22.8 Å². The highest BCUT2D eigenvalue weighted by Crippen LogP contribution is 2.36. The molecule has 15 heteroatoms. The molecule has 3 rings (SSSR count). The Balaban J connectivity index is 1.79. The Labute approximate surface area is 223 Å². The molecule has 0 bridgehead atoms. The van der Waals surface area contributed by atoms with Crippen molar-refractivity contribution in [3.63, 3.8) is 0 Å². The summed E-state index contributed by atoms with van der Waals surface area (Å²) >= 11 is 1.84. The van der Waals surface area contributed by atoms with Crippen molar-refractivity contribution in [1.29, 1.82) is 0 Å². The van der Waals surface area contributed by atoms with Crippen molar-refractivity contribution in [2.45, 2.75) is 11.8 Å². The van der Waals surface area contributed by atoms with Crippen LogP contribution >= 0.6 is 22.6 Å². The van der Waals surface area contributed by atoms with Gasteiger partial charge in [0.1, 0.15) is 4.90 Å². The van der Waals surface area contributed by atoms with Crippen LogP contribution in [0.25, 0.3) is 0 Å². The number of non-ortho nitro benzene ring substituents is 2. The predicted octanol–water partition coefficient (Wildman–Crippen LogP) is 4.04. The number of nitro groups is 2. The van der Waals surface area contributed by atoms with Gasteiger partial charge in [0.15, 0.2) is 11.5 Å². The van der Waals surface area contributed by atoms with E-state index < -0.39 is 25.9 Å². The first-order chi connectivity index (χ1) is 17.5. The average molecular weight is 640 g/mol. The monoisotopic (exact) mass is 640 g/mol. The van der Waals surface area contributed by atoms with Crippen LogP contribution in [0.5, 0.6) is 11.5 Å². The van der Waals surface area contributed by atoms with Crippen LogP contribution in [0.15, 0.2) is 70.7 Å². The first-order valence-electron chi connectivity index (χ1n) is 10.2. The van der Waals surface area contributed by atoms with E-state index in [0.717, 1.165) is 24.3 Å². The van der Waals surface area contributed by atoms with E-state index >= 15 is 0 Å². The molecule has 192 valence electrons. The number of halogens is 1. The van der Waals surface area contributed by atoms with Crippen LogP contribution in [0.3, 0.4) is 0 Å². The summed E-state index contributed by atoms with van der Waals surface area (Å²) in [6, 6.07) is 12.2. The fourth-order valence-electron chi connectivity index (χ4n) is 2.86. The highest BCUT2D eigenvalue weighted by Gasteiger charge is 2.23. The van der Waals surface area contributed by atoms with E-state index in [2.05, 4.69) is 10.5 Å². The molecular formula is C22H17IN4O9S. The molecule has 3 aromatic rings. The molecule has 1 N–H and O–H groups in total. The minimum Gasteiger partial charge on any atom is -0.490 e. The van der Waals surface area contributed by atoms with Gasteiger partial charge in [-0.25, -0.2) is 5.43 Å². The molecule has 13 nitrogen and oxygen atoms in total. The summed E-state index contributed by atoms with van der Waals surface area (Å²) in [5.41, 5.74) is 2.47. The summed E-state index contributed by atoms with van der Waals surface area (Å²) in [5, 5.41) is 25.4. The molecule has 0 spiro atoms. The summed E-state index contributed by atoms with van der Waals surface area (Å²) in [6.07, 6.45) is 1.29. The maximum Gasteiger partial charge on any atom is 0.339 e. The van der Waals surface area contributed by atoms with Gasteiger partial charge in [0.2, 0.25) is 0 Å². The van der Waals surface area contributed by atoms with Crippen LogP contribution in [-0.2, 0) is 10.1 Å². The zero-order valence-corrected chi connectivity index (χ0v) is 21.8. The second kappa shape index (κ2) is 11.7. The van der Waals surface area contributed by atoms with Gasteiger partial charge in [-0.05, 0) is 71.5 Å². The Hall–Kier alpha value is -4.12. The van der Waals surface area contributed by atoms with E-state index in [9.17, 15) is 33.4 Å². The van der Waals surface area contributed by atoms with Gasteiger partial charge in [0.25, 0.3) is 17.3 Å². The summed E-state index contributed by atoms with van der Waals surface area (Å²) < 4.78 is 36.7. The molecule has 0 radical (unpaired) electrons. The molecule has 3 aromatic carbocycles. The van der Waals surface area contributed by atoms with Crippen molar-refractivity contribution in [2.75, 3.05) is 6.61 Å². The third-order valence-corrected chi connectivity index (χ3v) is 6.62. The van der Waals surface area contributed by atoms with Crippen LogP contribution in [0.2, 0.25) is 0 Å². The van der Waals surface area contributed by atoms with Gasteiger partial charge >= 0.3 is 10.1 Å². The first kappa shape index (κ1) is 27.5. The van der Waals surface area contributed by atoms with E-state index in [1.165, 1.54) is 42.6 Å². The fourth-order valence-corrected chi connectivity index (χ4v) is 4.71. The maximum atomic E-state index is 12.8. The molecule has 0 aliphatic rings. The van der Waals surface area contributed by atoms with Crippen molar-refractivity contribution in [3.05, 3.63) is 95.6 Å². The Kier molecular flexibility index (Phi) is 8.72. The highest BCUT2D eigenvalue weighted by molar-refractivity contribution is 14.1. The number of hydrogen-bond acceptors (Lipinski definition) is 10. The molecule has 0 aliphatic carbocycles. The molecule has 0 heterocycles. The van der Waals surface area contributed by atoms with Gasteiger partial charge in [-0.3, -0.25) is 25.0 Å². The summed E-state index contributed by atoms with van der Waals surface area (Å²) in [5.74, 6) is -0.601. The van der Waals surface area contributed by atoms with Crippen molar-refractivity contribution >= 4 is 56.2 Å². The van der Waals surface area contributed by atoms with Crippen LogP contribution in [0.4, 0.5) is 11.4 Å². The molecule has 0 aromatic heterocycles. The standard InChI is InChI=1S/C22H17IN4O9S/c1-2-35-20-12-14(13-24-25-22(28)15-3-5-16(6-4-15)26(29)30)11-19(23)21(20)36-37(33,34)18-9-7-17(8-10-18)27(31)32/h3-13H,2H2,1H3,(H,25,28)/b24-13-. The number of rotatable bonds is 10. The minimum atomic E-state index is -4.34. The maximum absolute atomic E-state index is 12.8. The summed E-state index contributed by atoms with van der Waals surface area (Å²) in [7, 11) is -4.34. The van der Waals surface area contributed by atoms with Gasteiger partial charge in [-0.1, -0.05) is 0 Å². The zero-order valence-electron chi connectivity index (χ0n) is 18.9. The van der Waals surface area contributed by atoms with Crippen molar-refractivity contribution in [1.82, 2.24) is 5.43 Å². The lowest BCUT2D eigenvalue weighted by molar-refractivity contribution is -0.385. The second-order valence-electron chi connectivity index (χ2n) is 7.05. The molecule has 0 aliphatic heterocycles. The molecule has 0 unspecified atom stereocenters. The Morgan fingerprint density at radius 1 is 1.03 bits per heavy atom. The average Bonchev–Trinajstić information content (AvgIpc) is 2.86. The number of carbonyl (C=O) groups excluding carboxylic acids is 1. The van der Waals surface area contributed by atoms with Crippen molar-refractivity contribution in [2.24, 2.45) is 5.10 Å². The molecule has 0 saturated heterocycles. The second-order valence-corrected chi connectivity index (χ2v) is 9.76. The number of hydrogen-bond donors (Lipinski definition) is 1.